The molecular weight excluding hydrogens is 194 g/mol. The highest BCUT2D eigenvalue weighted by Gasteiger charge is 2.14. The Balaban J connectivity index is 2.11. The summed E-state index contributed by atoms with van der Waals surface area (Å²) in [7, 11) is 0. The predicted octanol–water partition coefficient (Wildman–Crippen LogP) is 3.30. The molecule has 2 rings (SSSR count). The molecule has 0 radical (unpaired) electrons. The summed E-state index contributed by atoms with van der Waals surface area (Å²) in [5.41, 5.74) is 5.90. The fraction of sp³-hybridized carbons (Fsp3) is 0.600. The maximum absolute atomic E-state index is 3.63. The lowest BCUT2D eigenvalue weighted by Gasteiger charge is -2.24. The maximum atomic E-state index is 3.63. The van der Waals surface area contributed by atoms with Crippen molar-refractivity contribution >= 4 is 0 Å². The Kier molecular flexibility index (Phi) is 3.65. The molecule has 1 saturated heterocycles. The number of rotatable bonds is 2. The molecule has 0 bridgehead atoms. The Labute approximate surface area is 99.3 Å². The molecule has 1 atom stereocenters. The van der Waals surface area contributed by atoms with Crippen LogP contribution in [0.5, 0.6) is 0 Å². The van der Waals surface area contributed by atoms with E-state index in [9.17, 15) is 0 Å². The molecule has 1 unspecified atom stereocenters. The lowest BCUT2D eigenvalue weighted by molar-refractivity contribution is 0.399. The van der Waals surface area contributed by atoms with Crippen LogP contribution in [0.25, 0.3) is 0 Å². The van der Waals surface area contributed by atoms with Crippen molar-refractivity contribution in [1.82, 2.24) is 5.32 Å². The fourth-order valence-electron chi connectivity index (χ4n) is 2.60. The van der Waals surface area contributed by atoms with Crippen LogP contribution in [-0.2, 0) is 6.42 Å². The Morgan fingerprint density at radius 3 is 2.62 bits per heavy atom. The van der Waals surface area contributed by atoms with Crippen LogP contribution in [0.1, 0.15) is 41.5 Å². The number of hydrogen-bond acceptors (Lipinski definition) is 1. The van der Waals surface area contributed by atoms with E-state index in [1.165, 1.54) is 54.5 Å². The highest BCUT2D eigenvalue weighted by Crippen LogP contribution is 2.20. The van der Waals surface area contributed by atoms with Crippen molar-refractivity contribution in [2.24, 2.45) is 0 Å². The molecule has 16 heavy (non-hydrogen) atoms. The topological polar surface area (TPSA) is 12.0 Å². The second-order valence-electron chi connectivity index (χ2n) is 5.14. The molecule has 0 aromatic heterocycles. The van der Waals surface area contributed by atoms with Crippen LogP contribution in [0, 0.1) is 20.8 Å². The summed E-state index contributed by atoms with van der Waals surface area (Å²) >= 11 is 0. The molecule has 1 heterocycles. The lowest BCUT2D eigenvalue weighted by Crippen LogP contribution is -2.35. The Bertz CT molecular complexity index is 362. The summed E-state index contributed by atoms with van der Waals surface area (Å²) < 4.78 is 0. The summed E-state index contributed by atoms with van der Waals surface area (Å²) in [6, 6.07) is 5.28. The molecule has 0 amide bonds. The van der Waals surface area contributed by atoms with Gasteiger partial charge in [-0.15, -0.1) is 0 Å². The van der Waals surface area contributed by atoms with E-state index in [2.05, 4.69) is 38.2 Å². The first kappa shape index (κ1) is 11.7. The van der Waals surface area contributed by atoms with Gasteiger partial charge >= 0.3 is 0 Å². The molecule has 1 aromatic carbocycles. The molecular formula is C15H23N. The Morgan fingerprint density at radius 2 is 1.94 bits per heavy atom. The van der Waals surface area contributed by atoms with Crippen molar-refractivity contribution in [1.29, 1.82) is 0 Å². The van der Waals surface area contributed by atoms with Gasteiger partial charge in [-0.1, -0.05) is 18.6 Å². The summed E-state index contributed by atoms with van der Waals surface area (Å²) in [5, 5.41) is 3.63. The van der Waals surface area contributed by atoms with Gasteiger partial charge in [0.15, 0.2) is 0 Å². The van der Waals surface area contributed by atoms with Gasteiger partial charge in [0.2, 0.25) is 0 Å². The van der Waals surface area contributed by atoms with Gasteiger partial charge < -0.3 is 5.32 Å². The van der Waals surface area contributed by atoms with E-state index >= 15 is 0 Å². The molecule has 1 N–H and O–H groups in total. The minimum atomic E-state index is 0.703. The van der Waals surface area contributed by atoms with Crippen molar-refractivity contribution in [2.75, 3.05) is 6.54 Å². The first-order valence-electron chi connectivity index (χ1n) is 6.47. The van der Waals surface area contributed by atoms with Gasteiger partial charge in [-0.05, 0) is 68.8 Å². The summed E-state index contributed by atoms with van der Waals surface area (Å²) in [5.74, 6) is 0. The van der Waals surface area contributed by atoms with Gasteiger partial charge in [-0.2, -0.15) is 0 Å². The van der Waals surface area contributed by atoms with E-state index in [-0.39, 0.29) is 0 Å². The Hall–Kier alpha value is -0.820. The van der Waals surface area contributed by atoms with Crippen LogP contribution >= 0.6 is 0 Å². The minimum Gasteiger partial charge on any atom is -0.314 e. The van der Waals surface area contributed by atoms with E-state index in [1.807, 2.05) is 0 Å². The molecule has 0 saturated carbocycles. The average Bonchev–Trinajstić information content (AvgIpc) is 2.31. The molecule has 1 fully saturated rings. The van der Waals surface area contributed by atoms with Crippen LogP contribution in [-0.4, -0.2) is 12.6 Å². The van der Waals surface area contributed by atoms with Crippen molar-refractivity contribution < 1.29 is 0 Å². The van der Waals surface area contributed by atoms with Gasteiger partial charge in [0, 0.05) is 6.04 Å². The van der Waals surface area contributed by atoms with Crippen LogP contribution in [0.4, 0.5) is 0 Å². The number of piperidine rings is 1. The molecule has 1 aromatic rings. The van der Waals surface area contributed by atoms with E-state index in [0.29, 0.717) is 6.04 Å². The van der Waals surface area contributed by atoms with E-state index in [4.69, 9.17) is 0 Å². The fourth-order valence-corrected chi connectivity index (χ4v) is 2.60. The van der Waals surface area contributed by atoms with Gasteiger partial charge in [0.05, 0.1) is 0 Å². The van der Waals surface area contributed by atoms with Gasteiger partial charge in [0.25, 0.3) is 0 Å². The third kappa shape index (κ3) is 2.46. The molecule has 0 spiro atoms. The number of hydrogen-bond donors (Lipinski definition) is 1. The van der Waals surface area contributed by atoms with Crippen LogP contribution in [0.15, 0.2) is 12.1 Å². The average molecular weight is 217 g/mol. The van der Waals surface area contributed by atoms with Crippen LogP contribution < -0.4 is 5.32 Å². The molecule has 0 aliphatic carbocycles. The van der Waals surface area contributed by atoms with Crippen LogP contribution in [0.2, 0.25) is 0 Å². The summed E-state index contributed by atoms with van der Waals surface area (Å²) in [6.45, 7) is 7.91. The van der Waals surface area contributed by atoms with Gasteiger partial charge in [0.1, 0.15) is 0 Å². The first-order valence-corrected chi connectivity index (χ1v) is 6.47. The molecule has 88 valence electrons. The van der Waals surface area contributed by atoms with Crippen molar-refractivity contribution in [3.05, 3.63) is 34.4 Å². The van der Waals surface area contributed by atoms with E-state index in [0.717, 1.165) is 0 Å². The zero-order valence-electron chi connectivity index (χ0n) is 10.8. The number of nitrogens with one attached hydrogen (secondary N) is 1. The highest BCUT2D eigenvalue weighted by atomic mass is 14.9. The SMILES string of the molecule is Cc1ccc(CC2CCCCN2)c(C)c1C. The third-order valence-electron chi connectivity index (χ3n) is 4.05. The van der Waals surface area contributed by atoms with Crippen molar-refractivity contribution in [3.63, 3.8) is 0 Å². The summed E-state index contributed by atoms with van der Waals surface area (Å²) in [6.07, 6.45) is 5.28. The zero-order chi connectivity index (χ0) is 11.5. The van der Waals surface area contributed by atoms with E-state index in [1.54, 1.807) is 0 Å². The van der Waals surface area contributed by atoms with Gasteiger partial charge in [-0.3, -0.25) is 0 Å². The highest BCUT2D eigenvalue weighted by molar-refractivity contribution is 5.39. The normalized spacial score (nSPS) is 21.1. The smallest absolute Gasteiger partial charge is 0.0108 e. The van der Waals surface area contributed by atoms with Crippen molar-refractivity contribution in [3.8, 4) is 0 Å². The Morgan fingerprint density at radius 1 is 1.12 bits per heavy atom. The lowest BCUT2D eigenvalue weighted by atomic mass is 9.92. The van der Waals surface area contributed by atoms with Crippen molar-refractivity contribution in [2.45, 2.75) is 52.5 Å². The molecule has 1 aliphatic heterocycles. The molecule has 1 heteroatoms. The number of aryl methyl sites for hydroxylation is 1. The second-order valence-corrected chi connectivity index (χ2v) is 5.14. The largest absolute Gasteiger partial charge is 0.314 e. The predicted molar refractivity (Wildman–Crippen MR) is 70.0 cm³/mol. The third-order valence-corrected chi connectivity index (χ3v) is 4.05. The first-order chi connectivity index (χ1) is 7.68. The standard InChI is InChI=1S/C15H23N/c1-11-7-8-14(13(3)12(11)2)10-15-6-4-5-9-16-15/h7-8,15-16H,4-6,9-10H2,1-3H3. The monoisotopic (exact) mass is 217 g/mol. The van der Waals surface area contributed by atoms with Crippen LogP contribution in [0.3, 0.4) is 0 Å². The second kappa shape index (κ2) is 5.01. The zero-order valence-corrected chi connectivity index (χ0v) is 10.8. The quantitative estimate of drug-likeness (QED) is 0.801. The minimum absolute atomic E-state index is 0.703. The number of benzene rings is 1. The molecule has 1 nitrogen and oxygen atoms in total. The van der Waals surface area contributed by atoms with Gasteiger partial charge in [-0.25, -0.2) is 0 Å². The van der Waals surface area contributed by atoms with E-state index < -0.39 is 0 Å². The molecule has 1 aliphatic rings. The maximum Gasteiger partial charge on any atom is 0.0108 e. The summed E-state index contributed by atoms with van der Waals surface area (Å²) in [4.78, 5) is 0.